The van der Waals surface area contributed by atoms with E-state index < -0.39 is 5.92 Å². The number of ketones is 1. The first-order chi connectivity index (χ1) is 17.3. The second-order valence-corrected chi connectivity index (χ2v) is 10.3. The van der Waals surface area contributed by atoms with Crippen LogP contribution < -0.4 is 4.90 Å². The van der Waals surface area contributed by atoms with E-state index in [0.29, 0.717) is 62.4 Å². The largest absolute Gasteiger partial charge is 0.507 e. The highest BCUT2D eigenvalue weighted by Gasteiger charge is 2.44. The van der Waals surface area contributed by atoms with Gasteiger partial charge in [-0.2, -0.15) is 0 Å². The fourth-order valence-corrected chi connectivity index (χ4v) is 5.74. The number of aryl methyl sites for hydroxylation is 1. The fraction of sp³-hybridized carbons (Fsp3) is 0.172. The number of aliphatic hydroxyl groups is 1. The van der Waals surface area contributed by atoms with Crippen LogP contribution in [0.4, 0.5) is 5.69 Å². The number of aliphatic hydroxyl groups excluding tert-OH is 1. The molecule has 0 bridgehead atoms. The molecule has 1 aliphatic carbocycles. The normalized spacial score (nSPS) is 19.4. The van der Waals surface area contributed by atoms with E-state index in [0.717, 1.165) is 5.56 Å². The van der Waals surface area contributed by atoms with Crippen LogP contribution in [-0.2, 0) is 4.79 Å². The molecule has 0 amide bonds. The van der Waals surface area contributed by atoms with Crippen molar-refractivity contribution >= 4 is 57.9 Å². The Kier molecular flexibility index (Phi) is 6.69. The van der Waals surface area contributed by atoms with E-state index in [-0.39, 0.29) is 23.0 Å². The number of hydrogen-bond acceptors (Lipinski definition) is 3. The van der Waals surface area contributed by atoms with Crippen LogP contribution in [0.2, 0.25) is 15.1 Å². The molecule has 0 aromatic heterocycles. The molecule has 1 aliphatic heterocycles. The first-order valence-electron chi connectivity index (χ1n) is 11.6. The number of benzene rings is 3. The number of nitrogens with one attached hydrogen (secondary N) is 1. The van der Waals surface area contributed by atoms with E-state index in [9.17, 15) is 15.3 Å². The van der Waals surface area contributed by atoms with Crippen molar-refractivity contribution < 1.29 is 9.90 Å². The lowest BCUT2D eigenvalue weighted by molar-refractivity contribution is -0.116. The number of anilines is 1. The molecule has 36 heavy (non-hydrogen) atoms. The minimum atomic E-state index is -0.731. The quantitative estimate of drug-likeness (QED) is 0.329. The zero-order valence-corrected chi connectivity index (χ0v) is 21.8. The smallest absolute Gasteiger partial charge is 0.161 e. The Bertz CT molecular complexity index is 1460. The van der Waals surface area contributed by atoms with Crippen LogP contribution in [0.25, 0.3) is 5.76 Å². The minimum absolute atomic E-state index is 0.0361. The van der Waals surface area contributed by atoms with Crippen molar-refractivity contribution in [2.45, 2.75) is 32.1 Å². The number of carbonyl (C=O) groups is 1. The van der Waals surface area contributed by atoms with Gasteiger partial charge in [-0.3, -0.25) is 15.1 Å². The van der Waals surface area contributed by atoms with Gasteiger partial charge in [-0.1, -0.05) is 82.8 Å². The van der Waals surface area contributed by atoms with Gasteiger partial charge in [-0.05, 0) is 49.6 Å². The number of carbonyl (C=O) groups excluding carboxylic acids is 1. The Morgan fingerprint density at radius 3 is 2.39 bits per heavy atom. The molecule has 7 heteroatoms. The van der Waals surface area contributed by atoms with Gasteiger partial charge < -0.3 is 5.11 Å². The first-order valence-corrected chi connectivity index (χ1v) is 12.8. The van der Waals surface area contributed by atoms with Crippen LogP contribution in [-0.4, -0.2) is 16.7 Å². The number of para-hydroxylation sites is 1. The van der Waals surface area contributed by atoms with Crippen LogP contribution in [0.15, 0.2) is 83.6 Å². The predicted octanol–water partition coefficient (Wildman–Crippen LogP) is 8.51. The minimum Gasteiger partial charge on any atom is -0.507 e. The topological polar surface area (TPSA) is 64.4 Å². The molecule has 3 aromatic rings. The third-order valence-electron chi connectivity index (χ3n) is 6.70. The van der Waals surface area contributed by atoms with Crippen LogP contribution in [0.1, 0.15) is 41.9 Å². The van der Waals surface area contributed by atoms with Crippen LogP contribution in [0.3, 0.4) is 0 Å². The second-order valence-electron chi connectivity index (χ2n) is 9.00. The molecule has 1 unspecified atom stereocenters. The third-order valence-corrected chi connectivity index (χ3v) is 7.58. The molecule has 5 rings (SSSR count). The standard InChI is InChI=1S/C29H23Cl3N2O2/c1-16-9-11-17(12-10-16)28(36)27-25(19-14-13-18(30)15-21(19)32)26-23(7-4-8-24(26)35)34(29(27)33)22-6-3-2-5-20(22)31/h2-3,5-6,9-15,25,33,36H,4,7-8H2,1H3/b28-27+,33-29?. The lowest BCUT2D eigenvalue weighted by Crippen LogP contribution is -2.42. The lowest BCUT2D eigenvalue weighted by Gasteiger charge is -2.42. The summed E-state index contributed by atoms with van der Waals surface area (Å²) in [6.07, 6.45) is 1.63. The Morgan fingerprint density at radius 2 is 1.69 bits per heavy atom. The number of halogens is 3. The maximum absolute atomic E-state index is 13.5. The lowest BCUT2D eigenvalue weighted by atomic mass is 9.73. The van der Waals surface area contributed by atoms with Gasteiger partial charge in [0.25, 0.3) is 0 Å². The first kappa shape index (κ1) is 24.6. The Labute approximate surface area is 224 Å². The summed E-state index contributed by atoms with van der Waals surface area (Å²) in [7, 11) is 0. The third kappa shape index (κ3) is 4.24. The maximum atomic E-state index is 13.5. The van der Waals surface area contributed by atoms with Crippen molar-refractivity contribution in [2.75, 3.05) is 4.90 Å². The highest BCUT2D eigenvalue weighted by molar-refractivity contribution is 6.36. The summed E-state index contributed by atoms with van der Waals surface area (Å²) in [5, 5.41) is 22.3. The molecule has 0 saturated carbocycles. The molecule has 0 saturated heterocycles. The monoisotopic (exact) mass is 536 g/mol. The summed E-state index contributed by atoms with van der Waals surface area (Å²) in [6.45, 7) is 1.96. The Morgan fingerprint density at radius 1 is 0.972 bits per heavy atom. The summed E-state index contributed by atoms with van der Waals surface area (Å²) in [6, 6.07) is 19.7. The molecule has 1 heterocycles. The Hall–Kier alpha value is -3.05. The molecule has 0 fully saturated rings. The van der Waals surface area contributed by atoms with Crippen molar-refractivity contribution in [3.63, 3.8) is 0 Å². The summed E-state index contributed by atoms with van der Waals surface area (Å²) >= 11 is 19.5. The second kappa shape index (κ2) is 9.78. The van der Waals surface area contributed by atoms with Crippen molar-refractivity contribution in [3.8, 4) is 0 Å². The summed E-state index contributed by atoms with van der Waals surface area (Å²) in [5.74, 6) is -0.806. The SMILES string of the molecule is Cc1ccc(/C(O)=C2\C(=N)N(c3ccccc3Cl)C3=C(C(=O)CCC3)C2c2ccc(Cl)cc2Cl)cc1. The van der Waals surface area contributed by atoms with Gasteiger partial charge in [-0.15, -0.1) is 0 Å². The van der Waals surface area contributed by atoms with Crippen LogP contribution >= 0.6 is 34.8 Å². The van der Waals surface area contributed by atoms with E-state index in [2.05, 4.69) is 0 Å². The van der Waals surface area contributed by atoms with Crippen molar-refractivity contribution in [1.82, 2.24) is 0 Å². The zero-order valence-electron chi connectivity index (χ0n) is 19.5. The molecular formula is C29H23Cl3N2O2. The Balaban J connectivity index is 1.86. The highest BCUT2D eigenvalue weighted by atomic mass is 35.5. The molecule has 2 N–H and O–H groups in total. The van der Waals surface area contributed by atoms with Gasteiger partial charge in [0.05, 0.1) is 10.7 Å². The average molecular weight is 538 g/mol. The molecule has 3 aromatic carbocycles. The molecule has 2 aliphatic rings. The summed E-state index contributed by atoms with van der Waals surface area (Å²) in [4.78, 5) is 15.3. The molecule has 1 atom stereocenters. The summed E-state index contributed by atoms with van der Waals surface area (Å²) in [5.41, 5.74) is 4.30. The summed E-state index contributed by atoms with van der Waals surface area (Å²) < 4.78 is 0. The van der Waals surface area contributed by atoms with Gasteiger partial charge in [-0.25, -0.2) is 0 Å². The van der Waals surface area contributed by atoms with E-state index in [1.165, 1.54) is 0 Å². The number of allylic oxidation sites excluding steroid dienone is 2. The van der Waals surface area contributed by atoms with Crippen LogP contribution in [0.5, 0.6) is 0 Å². The molecular weight excluding hydrogens is 515 g/mol. The van der Waals surface area contributed by atoms with Gasteiger partial charge in [0, 0.05) is 44.8 Å². The van der Waals surface area contributed by atoms with Crippen molar-refractivity contribution in [2.24, 2.45) is 0 Å². The van der Waals surface area contributed by atoms with E-state index in [1.54, 1.807) is 41.3 Å². The van der Waals surface area contributed by atoms with E-state index in [1.807, 2.05) is 37.3 Å². The van der Waals surface area contributed by atoms with E-state index >= 15 is 0 Å². The molecule has 0 spiro atoms. The highest BCUT2D eigenvalue weighted by Crippen LogP contribution is 2.50. The van der Waals surface area contributed by atoms with Gasteiger partial charge in [0.2, 0.25) is 0 Å². The maximum Gasteiger partial charge on any atom is 0.161 e. The average Bonchev–Trinajstić information content (AvgIpc) is 2.85. The molecule has 4 nitrogen and oxygen atoms in total. The van der Waals surface area contributed by atoms with E-state index in [4.69, 9.17) is 34.8 Å². The number of amidine groups is 1. The van der Waals surface area contributed by atoms with Gasteiger partial charge in [0.15, 0.2) is 5.78 Å². The van der Waals surface area contributed by atoms with Gasteiger partial charge in [0.1, 0.15) is 11.6 Å². The number of hydrogen-bond donors (Lipinski definition) is 2. The van der Waals surface area contributed by atoms with Gasteiger partial charge >= 0.3 is 0 Å². The molecule has 182 valence electrons. The predicted molar refractivity (Wildman–Crippen MR) is 147 cm³/mol. The number of rotatable bonds is 3. The van der Waals surface area contributed by atoms with Crippen LogP contribution in [0, 0.1) is 12.3 Å². The number of nitrogens with zero attached hydrogens (tertiary/aromatic N) is 1. The van der Waals surface area contributed by atoms with Crippen molar-refractivity contribution in [1.29, 1.82) is 5.41 Å². The zero-order chi connectivity index (χ0) is 25.6. The number of Topliss-reactive ketones (excluding diaryl/α,β-unsaturated/α-hetero) is 1. The molecule has 0 radical (unpaired) electrons. The fourth-order valence-electron chi connectivity index (χ4n) is 5.00. The van der Waals surface area contributed by atoms with Crippen molar-refractivity contribution in [3.05, 3.63) is 115 Å².